The van der Waals surface area contributed by atoms with E-state index in [1.54, 1.807) is 12.1 Å². The summed E-state index contributed by atoms with van der Waals surface area (Å²) in [5, 5.41) is 14.0. The van der Waals surface area contributed by atoms with Crippen LogP contribution in [0.2, 0.25) is 0 Å². The van der Waals surface area contributed by atoms with E-state index < -0.39 is 0 Å². The molecule has 1 aromatic carbocycles. The largest absolute Gasteiger partial charge is 0.371 e. The molecule has 3 rings (SSSR count). The number of hydrogen-bond donors (Lipinski definition) is 1. The van der Waals surface area contributed by atoms with E-state index in [0.717, 1.165) is 43.7 Å². The Hall–Kier alpha value is -1.62. The molecule has 2 fully saturated rings. The van der Waals surface area contributed by atoms with E-state index in [1.807, 2.05) is 12.1 Å². The van der Waals surface area contributed by atoms with E-state index in [0.29, 0.717) is 0 Å². The highest BCUT2D eigenvalue weighted by Gasteiger charge is 2.36. The lowest BCUT2D eigenvalue weighted by Gasteiger charge is -2.19. The van der Waals surface area contributed by atoms with Crippen LogP contribution in [-0.4, -0.2) is 31.1 Å². The first-order valence-electron chi connectivity index (χ1n) is 5.94. The molecule has 0 spiro atoms. The Morgan fingerprint density at radius 1 is 1.18 bits per heavy atom. The van der Waals surface area contributed by atoms with E-state index in [4.69, 9.17) is 0 Å². The van der Waals surface area contributed by atoms with Crippen LogP contribution < -0.4 is 10.2 Å². The average molecular weight is 233 g/mol. The molecule has 5 nitrogen and oxygen atoms in total. The van der Waals surface area contributed by atoms with Crippen LogP contribution in [0, 0.1) is 22.0 Å². The molecular formula is C12H15N3O2. The molecule has 2 atom stereocenters. The van der Waals surface area contributed by atoms with Crippen LogP contribution >= 0.6 is 0 Å². The molecule has 0 radical (unpaired) electrons. The zero-order valence-electron chi connectivity index (χ0n) is 9.50. The molecule has 0 aliphatic carbocycles. The summed E-state index contributed by atoms with van der Waals surface area (Å²) in [6.07, 6.45) is 0. The van der Waals surface area contributed by atoms with Gasteiger partial charge in [-0.15, -0.1) is 0 Å². The molecule has 1 N–H and O–H groups in total. The first kappa shape index (κ1) is 10.5. The van der Waals surface area contributed by atoms with Gasteiger partial charge in [0, 0.05) is 44.0 Å². The van der Waals surface area contributed by atoms with E-state index in [-0.39, 0.29) is 10.6 Å². The Labute approximate surface area is 99.6 Å². The molecule has 2 saturated heterocycles. The van der Waals surface area contributed by atoms with Gasteiger partial charge < -0.3 is 10.2 Å². The first-order chi connectivity index (χ1) is 8.24. The summed E-state index contributed by atoms with van der Waals surface area (Å²) < 4.78 is 0. The summed E-state index contributed by atoms with van der Waals surface area (Å²) in [6, 6.07) is 6.88. The van der Waals surface area contributed by atoms with Gasteiger partial charge in [-0.2, -0.15) is 0 Å². The van der Waals surface area contributed by atoms with E-state index >= 15 is 0 Å². The normalized spacial score (nSPS) is 27.2. The topological polar surface area (TPSA) is 58.4 Å². The van der Waals surface area contributed by atoms with Crippen molar-refractivity contribution in [3.05, 3.63) is 34.4 Å². The van der Waals surface area contributed by atoms with E-state index in [9.17, 15) is 10.1 Å². The molecule has 2 aliphatic rings. The monoisotopic (exact) mass is 233 g/mol. The zero-order chi connectivity index (χ0) is 11.8. The van der Waals surface area contributed by atoms with Crippen molar-refractivity contribution in [2.75, 3.05) is 31.1 Å². The van der Waals surface area contributed by atoms with Gasteiger partial charge in [0.2, 0.25) is 0 Å². The highest BCUT2D eigenvalue weighted by Crippen LogP contribution is 2.31. The minimum absolute atomic E-state index is 0.162. The predicted molar refractivity (Wildman–Crippen MR) is 65.2 cm³/mol. The Morgan fingerprint density at radius 2 is 1.76 bits per heavy atom. The number of nitro benzene ring substituents is 1. The minimum atomic E-state index is -0.355. The van der Waals surface area contributed by atoms with Crippen molar-refractivity contribution in [1.82, 2.24) is 5.32 Å². The van der Waals surface area contributed by atoms with Gasteiger partial charge in [0.15, 0.2) is 0 Å². The standard InChI is InChI=1S/C12H15N3O2/c16-15(17)12-3-1-11(2-4-12)14-7-9-5-13-6-10(9)8-14/h1-4,9-10,13H,5-8H2/t9-,10-/m0/s1. The van der Waals surface area contributed by atoms with Crippen molar-refractivity contribution >= 4 is 11.4 Å². The van der Waals surface area contributed by atoms with Crippen molar-refractivity contribution in [3.63, 3.8) is 0 Å². The van der Waals surface area contributed by atoms with E-state index in [1.165, 1.54) is 0 Å². The molecule has 0 bridgehead atoms. The summed E-state index contributed by atoms with van der Waals surface area (Å²) in [6.45, 7) is 4.34. The van der Waals surface area contributed by atoms with Crippen LogP contribution in [0.5, 0.6) is 0 Å². The van der Waals surface area contributed by atoms with Gasteiger partial charge in [-0.05, 0) is 24.0 Å². The van der Waals surface area contributed by atoms with Crippen LogP contribution in [-0.2, 0) is 0 Å². The van der Waals surface area contributed by atoms with Crippen LogP contribution in [0.3, 0.4) is 0 Å². The molecule has 90 valence electrons. The van der Waals surface area contributed by atoms with Gasteiger partial charge in [-0.1, -0.05) is 0 Å². The van der Waals surface area contributed by atoms with Gasteiger partial charge in [0.25, 0.3) is 5.69 Å². The number of rotatable bonds is 2. The highest BCUT2D eigenvalue weighted by molar-refractivity contribution is 5.51. The highest BCUT2D eigenvalue weighted by atomic mass is 16.6. The first-order valence-corrected chi connectivity index (χ1v) is 5.94. The van der Waals surface area contributed by atoms with Crippen LogP contribution in [0.25, 0.3) is 0 Å². The molecule has 5 heteroatoms. The third kappa shape index (κ3) is 1.86. The van der Waals surface area contributed by atoms with Crippen molar-refractivity contribution < 1.29 is 4.92 Å². The number of hydrogen-bond acceptors (Lipinski definition) is 4. The van der Waals surface area contributed by atoms with Gasteiger partial charge in [-0.3, -0.25) is 10.1 Å². The number of benzene rings is 1. The van der Waals surface area contributed by atoms with Gasteiger partial charge in [-0.25, -0.2) is 0 Å². The molecule has 0 aromatic heterocycles. The maximum Gasteiger partial charge on any atom is 0.269 e. The van der Waals surface area contributed by atoms with Crippen molar-refractivity contribution in [2.45, 2.75) is 0 Å². The molecule has 1 aromatic rings. The van der Waals surface area contributed by atoms with Crippen molar-refractivity contribution in [1.29, 1.82) is 0 Å². The Bertz CT molecular complexity index is 420. The second-order valence-corrected chi connectivity index (χ2v) is 4.86. The summed E-state index contributed by atoms with van der Waals surface area (Å²) in [7, 11) is 0. The fourth-order valence-corrected chi connectivity index (χ4v) is 2.85. The summed E-state index contributed by atoms with van der Waals surface area (Å²) in [4.78, 5) is 12.6. The van der Waals surface area contributed by atoms with Crippen LogP contribution in [0.4, 0.5) is 11.4 Å². The summed E-state index contributed by atoms with van der Waals surface area (Å²) in [5.41, 5.74) is 1.26. The van der Waals surface area contributed by atoms with Gasteiger partial charge in [0.05, 0.1) is 4.92 Å². The van der Waals surface area contributed by atoms with E-state index in [2.05, 4.69) is 10.2 Å². The molecule has 2 heterocycles. The third-order valence-electron chi connectivity index (χ3n) is 3.82. The fraction of sp³-hybridized carbons (Fsp3) is 0.500. The molecular weight excluding hydrogens is 218 g/mol. The molecule has 0 unspecified atom stereocenters. The lowest BCUT2D eigenvalue weighted by atomic mass is 10.0. The zero-order valence-corrected chi connectivity index (χ0v) is 9.50. The Morgan fingerprint density at radius 3 is 2.29 bits per heavy atom. The van der Waals surface area contributed by atoms with Crippen LogP contribution in [0.15, 0.2) is 24.3 Å². The Kier molecular flexibility index (Phi) is 2.48. The average Bonchev–Trinajstić information content (AvgIpc) is 2.89. The lowest BCUT2D eigenvalue weighted by molar-refractivity contribution is -0.384. The van der Waals surface area contributed by atoms with Gasteiger partial charge >= 0.3 is 0 Å². The number of anilines is 1. The summed E-state index contributed by atoms with van der Waals surface area (Å²) in [5.74, 6) is 1.48. The predicted octanol–water partition coefficient (Wildman–Crippen LogP) is 1.25. The fourth-order valence-electron chi connectivity index (χ4n) is 2.85. The maximum absolute atomic E-state index is 10.6. The number of non-ortho nitro benzene ring substituents is 1. The number of nitrogens with zero attached hydrogens (tertiary/aromatic N) is 2. The Balaban J connectivity index is 1.75. The lowest BCUT2D eigenvalue weighted by Crippen LogP contribution is -2.25. The number of nitrogens with one attached hydrogen (secondary N) is 1. The maximum atomic E-state index is 10.6. The number of fused-ring (bicyclic) bond motifs is 1. The smallest absolute Gasteiger partial charge is 0.269 e. The molecule has 0 saturated carbocycles. The second-order valence-electron chi connectivity index (χ2n) is 4.86. The molecule has 0 amide bonds. The van der Waals surface area contributed by atoms with Gasteiger partial charge in [0.1, 0.15) is 0 Å². The minimum Gasteiger partial charge on any atom is -0.371 e. The second kappa shape index (κ2) is 4.00. The third-order valence-corrected chi connectivity index (χ3v) is 3.82. The van der Waals surface area contributed by atoms with Crippen LogP contribution in [0.1, 0.15) is 0 Å². The van der Waals surface area contributed by atoms with Crippen molar-refractivity contribution in [3.8, 4) is 0 Å². The SMILES string of the molecule is O=[N+]([O-])c1ccc(N2C[C@@H]3CNC[C@H]3C2)cc1. The van der Waals surface area contributed by atoms with Crippen molar-refractivity contribution in [2.24, 2.45) is 11.8 Å². The number of nitro groups is 1. The molecule has 17 heavy (non-hydrogen) atoms. The quantitative estimate of drug-likeness (QED) is 0.617. The molecule has 2 aliphatic heterocycles. The summed E-state index contributed by atoms with van der Waals surface area (Å²) >= 11 is 0.